The molecule has 3 aromatic rings. The van der Waals surface area contributed by atoms with Crippen LogP contribution < -0.4 is 15.8 Å². The lowest BCUT2D eigenvalue weighted by Crippen LogP contribution is -2.23. The van der Waals surface area contributed by atoms with Crippen molar-refractivity contribution in [3.05, 3.63) is 60.6 Å². The highest BCUT2D eigenvalue weighted by molar-refractivity contribution is 5.92. The van der Waals surface area contributed by atoms with Crippen LogP contribution in [0.15, 0.2) is 54.9 Å². The number of aromatic nitrogens is 2. The van der Waals surface area contributed by atoms with Crippen molar-refractivity contribution in [3.8, 4) is 5.75 Å². The Kier molecular flexibility index (Phi) is 4.58. The fraction of sp³-hybridized carbons (Fsp3) is 0.300. The molecule has 26 heavy (non-hydrogen) atoms. The Morgan fingerprint density at radius 1 is 1.27 bits per heavy atom. The molecular formula is C20H22N4O2. The molecule has 6 nitrogen and oxygen atoms in total. The molecule has 1 aromatic carbocycles. The van der Waals surface area contributed by atoms with Gasteiger partial charge in [-0.1, -0.05) is 12.1 Å². The first-order valence-electron chi connectivity index (χ1n) is 8.89. The van der Waals surface area contributed by atoms with E-state index < -0.39 is 0 Å². The number of nitrogens with one attached hydrogen (secondary N) is 1. The van der Waals surface area contributed by atoms with Crippen LogP contribution in [-0.2, 0) is 11.4 Å². The number of rotatable bonds is 5. The molecule has 0 spiro atoms. The van der Waals surface area contributed by atoms with Crippen LogP contribution in [0.4, 0.5) is 5.69 Å². The second kappa shape index (κ2) is 7.17. The number of imidazole rings is 1. The highest BCUT2D eigenvalue weighted by atomic mass is 16.5. The quantitative estimate of drug-likeness (QED) is 0.741. The second-order valence-electron chi connectivity index (χ2n) is 6.77. The number of hydrogen-bond acceptors (Lipinski definition) is 4. The molecule has 0 radical (unpaired) electrons. The van der Waals surface area contributed by atoms with Gasteiger partial charge in [-0.05, 0) is 43.5 Å². The van der Waals surface area contributed by atoms with Gasteiger partial charge in [0, 0.05) is 36.1 Å². The van der Waals surface area contributed by atoms with Crippen LogP contribution in [0, 0.1) is 5.92 Å². The maximum atomic E-state index is 12.3. The SMILES string of the molecule is NC1CCC(C(=O)Nc2cccc(OCc3cn4ccccc4n3)c2)C1. The average Bonchev–Trinajstić information content (AvgIpc) is 3.26. The average molecular weight is 350 g/mol. The Labute approximate surface area is 152 Å². The lowest BCUT2D eigenvalue weighted by atomic mass is 10.1. The predicted molar refractivity (Wildman–Crippen MR) is 99.9 cm³/mol. The molecule has 0 aliphatic heterocycles. The minimum absolute atomic E-state index is 0.00699. The molecular weight excluding hydrogens is 328 g/mol. The number of nitrogens with two attached hydrogens (primary N) is 1. The summed E-state index contributed by atoms with van der Waals surface area (Å²) in [6.07, 6.45) is 6.44. The van der Waals surface area contributed by atoms with Crippen molar-refractivity contribution in [2.45, 2.75) is 31.9 Å². The van der Waals surface area contributed by atoms with Gasteiger partial charge in [-0.15, -0.1) is 0 Å². The molecule has 3 N–H and O–H groups in total. The van der Waals surface area contributed by atoms with E-state index in [4.69, 9.17) is 10.5 Å². The number of pyridine rings is 1. The van der Waals surface area contributed by atoms with E-state index in [9.17, 15) is 4.79 Å². The zero-order chi connectivity index (χ0) is 17.9. The van der Waals surface area contributed by atoms with Crippen LogP contribution in [0.3, 0.4) is 0 Å². The Hall–Kier alpha value is -2.86. The first-order chi connectivity index (χ1) is 12.7. The maximum Gasteiger partial charge on any atom is 0.227 e. The number of fused-ring (bicyclic) bond motifs is 1. The van der Waals surface area contributed by atoms with Crippen molar-refractivity contribution < 1.29 is 9.53 Å². The van der Waals surface area contributed by atoms with Crippen molar-refractivity contribution >= 4 is 17.2 Å². The van der Waals surface area contributed by atoms with Gasteiger partial charge in [0.25, 0.3) is 0 Å². The Bertz CT molecular complexity index is 888. The third-order valence-electron chi connectivity index (χ3n) is 4.75. The Morgan fingerprint density at radius 2 is 2.19 bits per heavy atom. The van der Waals surface area contributed by atoms with Crippen LogP contribution in [0.1, 0.15) is 25.0 Å². The molecule has 1 aliphatic rings. The maximum absolute atomic E-state index is 12.3. The third kappa shape index (κ3) is 3.70. The van der Waals surface area contributed by atoms with Crippen molar-refractivity contribution in [1.82, 2.24) is 9.38 Å². The van der Waals surface area contributed by atoms with Crippen molar-refractivity contribution in [2.75, 3.05) is 5.32 Å². The molecule has 2 unspecified atom stereocenters. The molecule has 2 aromatic heterocycles. The van der Waals surface area contributed by atoms with E-state index in [2.05, 4.69) is 10.3 Å². The van der Waals surface area contributed by atoms with Crippen molar-refractivity contribution in [1.29, 1.82) is 0 Å². The predicted octanol–water partition coefficient (Wildman–Crippen LogP) is 2.98. The van der Waals surface area contributed by atoms with Gasteiger partial charge in [-0.25, -0.2) is 4.98 Å². The van der Waals surface area contributed by atoms with E-state index in [-0.39, 0.29) is 17.9 Å². The number of carbonyl (C=O) groups is 1. The van der Waals surface area contributed by atoms with Gasteiger partial charge >= 0.3 is 0 Å². The summed E-state index contributed by atoms with van der Waals surface area (Å²) in [6, 6.07) is 13.5. The summed E-state index contributed by atoms with van der Waals surface area (Å²) >= 11 is 0. The van der Waals surface area contributed by atoms with E-state index in [1.165, 1.54) is 0 Å². The molecule has 1 amide bonds. The second-order valence-corrected chi connectivity index (χ2v) is 6.77. The summed E-state index contributed by atoms with van der Waals surface area (Å²) in [6.45, 7) is 0.372. The summed E-state index contributed by atoms with van der Waals surface area (Å²) in [5.74, 6) is 0.742. The van der Waals surface area contributed by atoms with Gasteiger partial charge in [-0.2, -0.15) is 0 Å². The van der Waals surface area contributed by atoms with Crippen molar-refractivity contribution in [3.63, 3.8) is 0 Å². The largest absolute Gasteiger partial charge is 0.487 e. The Balaban J connectivity index is 1.38. The van der Waals surface area contributed by atoms with Gasteiger partial charge in [0.1, 0.15) is 18.0 Å². The van der Waals surface area contributed by atoms with Gasteiger partial charge in [0.15, 0.2) is 0 Å². The number of ether oxygens (including phenoxy) is 1. The van der Waals surface area contributed by atoms with Crippen LogP contribution in [0.2, 0.25) is 0 Å². The number of anilines is 1. The molecule has 134 valence electrons. The fourth-order valence-corrected chi connectivity index (χ4v) is 3.38. The zero-order valence-corrected chi connectivity index (χ0v) is 14.5. The number of carbonyl (C=O) groups excluding carboxylic acids is 1. The number of amides is 1. The molecule has 1 fully saturated rings. The summed E-state index contributed by atoms with van der Waals surface area (Å²) in [5, 5.41) is 2.97. The van der Waals surface area contributed by atoms with E-state index in [0.29, 0.717) is 12.4 Å². The number of hydrogen-bond donors (Lipinski definition) is 2. The van der Waals surface area contributed by atoms with Gasteiger partial charge in [0.05, 0.1) is 5.69 Å². The zero-order valence-electron chi connectivity index (χ0n) is 14.5. The highest BCUT2D eigenvalue weighted by Crippen LogP contribution is 2.26. The summed E-state index contributed by atoms with van der Waals surface area (Å²) in [7, 11) is 0. The van der Waals surface area contributed by atoms with E-state index in [1.807, 2.05) is 59.3 Å². The topological polar surface area (TPSA) is 81.7 Å². The first kappa shape index (κ1) is 16.6. The van der Waals surface area contributed by atoms with Crippen molar-refractivity contribution in [2.24, 2.45) is 11.7 Å². The molecule has 1 saturated carbocycles. The normalized spacial score (nSPS) is 19.6. The van der Waals surface area contributed by atoms with Gasteiger partial charge < -0.3 is 20.2 Å². The van der Waals surface area contributed by atoms with Gasteiger partial charge in [0.2, 0.25) is 5.91 Å². The van der Waals surface area contributed by atoms with Crippen LogP contribution in [0.25, 0.3) is 5.65 Å². The molecule has 6 heteroatoms. The minimum Gasteiger partial charge on any atom is -0.487 e. The molecule has 2 heterocycles. The summed E-state index contributed by atoms with van der Waals surface area (Å²) in [4.78, 5) is 16.8. The van der Waals surface area contributed by atoms with E-state index >= 15 is 0 Å². The summed E-state index contributed by atoms with van der Waals surface area (Å²) < 4.78 is 7.80. The standard InChI is InChI=1S/C20H22N4O2/c21-15-8-7-14(10-15)20(25)23-16-4-3-5-18(11-16)26-13-17-12-24-9-2-1-6-19(24)22-17/h1-6,9,11-12,14-15H,7-8,10,13,21H2,(H,23,25). The molecule has 1 aliphatic carbocycles. The van der Waals surface area contributed by atoms with E-state index in [1.54, 1.807) is 0 Å². The lowest BCUT2D eigenvalue weighted by Gasteiger charge is -2.12. The number of benzene rings is 1. The Morgan fingerprint density at radius 3 is 3.00 bits per heavy atom. The van der Waals surface area contributed by atoms with Crippen LogP contribution in [-0.4, -0.2) is 21.3 Å². The summed E-state index contributed by atoms with van der Waals surface area (Å²) in [5.41, 5.74) is 8.38. The molecule has 0 bridgehead atoms. The van der Waals surface area contributed by atoms with E-state index in [0.717, 1.165) is 36.3 Å². The molecule has 0 saturated heterocycles. The lowest BCUT2D eigenvalue weighted by molar-refractivity contribution is -0.119. The first-order valence-corrected chi connectivity index (χ1v) is 8.89. The smallest absolute Gasteiger partial charge is 0.227 e. The monoisotopic (exact) mass is 350 g/mol. The van der Waals surface area contributed by atoms with Gasteiger partial charge in [-0.3, -0.25) is 4.79 Å². The number of nitrogens with zero attached hydrogens (tertiary/aromatic N) is 2. The highest BCUT2D eigenvalue weighted by Gasteiger charge is 2.27. The minimum atomic E-state index is 0.00699. The fourth-order valence-electron chi connectivity index (χ4n) is 3.38. The van der Waals surface area contributed by atoms with Crippen LogP contribution in [0.5, 0.6) is 5.75 Å². The molecule has 2 atom stereocenters. The van der Waals surface area contributed by atoms with Crippen LogP contribution >= 0.6 is 0 Å². The third-order valence-corrected chi connectivity index (χ3v) is 4.75. The molecule has 4 rings (SSSR count).